The van der Waals surface area contributed by atoms with E-state index in [9.17, 15) is 4.79 Å². The first-order chi connectivity index (χ1) is 8.13. The fraction of sp³-hybridized carbons (Fsp3) is 0.727. The summed E-state index contributed by atoms with van der Waals surface area (Å²) >= 11 is 0. The van der Waals surface area contributed by atoms with Crippen molar-refractivity contribution >= 4 is 5.91 Å². The molecule has 0 aliphatic carbocycles. The van der Waals surface area contributed by atoms with Gasteiger partial charge in [0.2, 0.25) is 5.91 Å². The van der Waals surface area contributed by atoms with E-state index in [4.69, 9.17) is 10.5 Å². The monoisotopic (exact) mass is 240 g/mol. The van der Waals surface area contributed by atoms with Crippen LogP contribution in [0.3, 0.4) is 0 Å². The maximum absolute atomic E-state index is 10.9. The summed E-state index contributed by atoms with van der Waals surface area (Å²) in [6.45, 7) is 4.59. The summed E-state index contributed by atoms with van der Waals surface area (Å²) in [6.07, 6.45) is 2.04. The van der Waals surface area contributed by atoms with E-state index in [0.717, 1.165) is 18.5 Å². The number of nitrogens with two attached hydrogens (primary N) is 1. The SMILES string of the molecule is CCC(CC)n1nnc(CC(N)=O)c1COC. The summed E-state index contributed by atoms with van der Waals surface area (Å²) in [5.41, 5.74) is 6.65. The molecule has 17 heavy (non-hydrogen) atoms. The highest BCUT2D eigenvalue weighted by atomic mass is 16.5. The average molecular weight is 240 g/mol. The van der Waals surface area contributed by atoms with Crippen LogP contribution in [0.15, 0.2) is 0 Å². The minimum Gasteiger partial charge on any atom is -0.378 e. The first-order valence-electron chi connectivity index (χ1n) is 5.84. The van der Waals surface area contributed by atoms with Crippen molar-refractivity contribution in [2.24, 2.45) is 5.73 Å². The van der Waals surface area contributed by atoms with Gasteiger partial charge in [0.1, 0.15) is 0 Å². The molecule has 0 unspecified atom stereocenters. The molecule has 0 aliphatic heterocycles. The molecule has 1 heterocycles. The molecule has 0 saturated heterocycles. The van der Waals surface area contributed by atoms with E-state index in [1.807, 2.05) is 4.68 Å². The molecular weight excluding hydrogens is 220 g/mol. The quantitative estimate of drug-likeness (QED) is 0.764. The number of ether oxygens (including phenoxy) is 1. The maximum atomic E-state index is 10.9. The van der Waals surface area contributed by atoms with Crippen molar-refractivity contribution in [2.75, 3.05) is 7.11 Å². The number of aromatic nitrogens is 3. The third-order valence-electron chi connectivity index (χ3n) is 2.78. The number of primary amides is 1. The lowest BCUT2D eigenvalue weighted by Gasteiger charge is -2.15. The Bertz CT molecular complexity index is 372. The van der Waals surface area contributed by atoms with E-state index in [2.05, 4.69) is 24.2 Å². The zero-order valence-electron chi connectivity index (χ0n) is 10.6. The summed E-state index contributed by atoms with van der Waals surface area (Å²) in [7, 11) is 1.61. The molecule has 96 valence electrons. The Morgan fingerprint density at radius 1 is 1.47 bits per heavy atom. The Morgan fingerprint density at radius 2 is 2.12 bits per heavy atom. The second-order valence-electron chi connectivity index (χ2n) is 3.97. The Hall–Kier alpha value is -1.43. The third kappa shape index (κ3) is 3.26. The van der Waals surface area contributed by atoms with Crippen LogP contribution in [0.25, 0.3) is 0 Å². The fourth-order valence-electron chi connectivity index (χ4n) is 1.86. The van der Waals surface area contributed by atoms with Crippen molar-refractivity contribution in [3.63, 3.8) is 0 Å². The van der Waals surface area contributed by atoms with Crippen LogP contribution in [0, 0.1) is 0 Å². The van der Waals surface area contributed by atoms with E-state index >= 15 is 0 Å². The zero-order valence-corrected chi connectivity index (χ0v) is 10.6. The Morgan fingerprint density at radius 3 is 2.59 bits per heavy atom. The van der Waals surface area contributed by atoms with E-state index in [-0.39, 0.29) is 12.5 Å². The van der Waals surface area contributed by atoms with Gasteiger partial charge in [-0.1, -0.05) is 19.1 Å². The number of amides is 1. The lowest BCUT2D eigenvalue weighted by atomic mass is 10.1. The summed E-state index contributed by atoms with van der Waals surface area (Å²) < 4.78 is 6.98. The number of rotatable bonds is 7. The summed E-state index contributed by atoms with van der Waals surface area (Å²) in [6, 6.07) is 0.286. The molecule has 0 aliphatic rings. The Balaban J connectivity index is 3.04. The first-order valence-corrected chi connectivity index (χ1v) is 5.84. The normalized spacial score (nSPS) is 11.1. The van der Waals surface area contributed by atoms with Gasteiger partial charge in [0, 0.05) is 7.11 Å². The zero-order chi connectivity index (χ0) is 12.8. The van der Waals surface area contributed by atoms with Crippen LogP contribution >= 0.6 is 0 Å². The Labute approximate surface area is 101 Å². The molecule has 6 nitrogen and oxygen atoms in total. The van der Waals surface area contributed by atoms with Gasteiger partial charge in [-0.2, -0.15) is 0 Å². The third-order valence-corrected chi connectivity index (χ3v) is 2.78. The molecule has 1 amide bonds. The number of methoxy groups -OCH3 is 1. The maximum Gasteiger partial charge on any atom is 0.223 e. The molecule has 1 aromatic heterocycles. The van der Waals surface area contributed by atoms with E-state index < -0.39 is 5.91 Å². The van der Waals surface area contributed by atoms with Gasteiger partial charge in [-0.05, 0) is 12.8 Å². The molecule has 0 spiro atoms. The predicted molar refractivity (Wildman–Crippen MR) is 63.3 cm³/mol. The van der Waals surface area contributed by atoms with Crippen LogP contribution in [0.5, 0.6) is 0 Å². The summed E-state index contributed by atoms with van der Waals surface area (Å²) in [5, 5.41) is 8.13. The standard InChI is InChI=1S/C11H20N4O2/c1-4-8(5-2)15-10(7-17-3)9(13-14-15)6-11(12)16/h8H,4-7H2,1-3H3,(H2,12,16). The number of carbonyl (C=O) groups excluding carboxylic acids is 1. The van der Waals surface area contributed by atoms with Crippen molar-refractivity contribution in [3.05, 3.63) is 11.4 Å². The lowest BCUT2D eigenvalue weighted by Crippen LogP contribution is -2.17. The molecule has 0 fully saturated rings. The minimum atomic E-state index is -0.404. The van der Waals surface area contributed by atoms with Crippen LogP contribution < -0.4 is 5.73 Å². The first kappa shape index (κ1) is 13.6. The lowest BCUT2D eigenvalue weighted by molar-refractivity contribution is -0.117. The van der Waals surface area contributed by atoms with Crippen molar-refractivity contribution in [1.82, 2.24) is 15.0 Å². The van der Waals surface area contributed by atoms with Crippen LogP contribution in [0.4, 0.5) is 0 Å². The highest BCUT2D eigenvalue weighted by Gasteiger charge is 2.18. The molecule has 1 rings (SSSR count). The molecule has 0 aromatic carbocycles. The highest BCUT2D eigenvalue weighted by molar-refractivity contribution is 5.76. The van der Waals surface area contributed by atoms with Gasteiger partial charge in [-0.15, -0.1) is 5.10 Å². The molecule has 0 atom stereocenters. The van der Waals surface area contributed by atoms with Crippen molar-refractivity contribution < 1.29 is 9.53 Å². The van der Waals surface area contributed by atoms with E-state index in [1.165, 1.54) is 0 Å². The highest BCUT2D eigenvalue weighted by Crippen LogP contribution is 2.19. The van der Waals surface area contributed by atoms with Gasteiger partial charge < -0.3 is 10.5 Å². The van der Waals surface area contributed by atoms with E-state index in [0.29, 0.717) is 12.3 Å². The molecule has 0 saturated carbocycles. The van der Waals surface area contributed by atoms with Gasteiger partial charge in [-0.25, -0.2) is 4.68 Å². The number of hydrogen-bond donors (Lipinski definition) is 1. The molecule has 1 aromatic rings. The van der Waals surface area contributed by atoms with Crippen molar-refractivity contribution in [1.29, 1.82) is 0 Å². The van der Waals surface area contributed by atoms with Crippen LogP contribution in [0.1, 0.15) is 44.1 Å². The largest absolute Gasteiger partial charge is 0.378 e. The van der Waals surface area contributed by atoms with Crippen LogP contribution in [0.2, 0.25) is 0 Å². The molecule has 0 bridgehead atoms. The molecular formula is C11H20N4O2. The Kier molecular flexibility index (Phi) is 5.09. The van der Waals surface area contributed by atoms with Crippen molar-refractivity contribution in [3.8, 4) is 0 Å². The van der Waals surface area contributed by atoms with Gasteiger partial charge in [0.15, 0.2) is 0 Å². The summed E-state index contributed by atoms with van der Waals surface area (Å²) in [5.74, 6) is -0.404. The van der Waals surface area contributed by atoms with Gasteiger partial charge in [0.25, 0.3) is 0 Å². The second kappa shape index (κ2) is 6.34. The van der Waals surface area contributed by atoms with Crippen LogP contribution in [-0.4, -0.2) is 28.0 Å². The fourth-order valence-corrected chi connectivity index (χ4v) is 1.86. The molecule has 0 radical (unpaired) electrons. The summed E-state index contributed by atoms with van der Waals surface area (Å²) in [4.78, 5) is 10.9. The predicted octanol–water partition coefficient (Wildman–Crippen LogP) is 0.813. The smallest absolute Gasteiger partial charge is 0.223 e. The van der Waals surface area contributed by atoms with Crippen molar-refractivity contribution in [2.45, 2.75) is 45.8 Å². The van der Waals surface area contributed by atoms with Gasteiger partial charge in [-0.3, -0.25) is 4.79 Å². The number of hydrogen-bond acceptors (Lipinski definition) is 4. The molecule has 6 heteroatoms. The second-order valence-corrected chi connectivity index (χ2v) is 3.97. The molecule has 2 N–H and O–H groups in total. The van der Waals surface area contributed by atoms with Gasteiger partial charge >= 0.3 is 0 Å². The van der Waals surface area contributed by atoms with E-state index in [1.54, 1.807) is 7.11 Å². The average Bonchev–Trinajstić information content (AvgIpc) is 2.64. The minimum absolute atomic E-state index is 0.110. The topological polar surface area (TPSA) is 83.0 Å². The van der Waals surface area contributed by atoms with Crippen LogP contribution in [-0.2, 0) is 22.6 Å². The number of carbonyl (C=O) groups is 1. The number of nitrogens with zero attached hydrogens (tertiary/aromatic N) is 3. The van der Waals surface area contributed by atoms with Gasteiger partial charge in [0.05, 0.1) is 30.5 Å².